The number of ketones is 2. The molecule has 3 unspecified atom stereocenters. The number of allylic oxidation sites excluding steroid dienone is 4. The summed E-state index contributed by atoms with van der Waals surface area (Å²) in [6, 6.07) is 2.12. The number of rotatable bonds is 15. The Morgan fingerprint density at radius 3 is 1.76 bits per heavy atom. The molecular formula is C62H74F2N6O12. The third-order valence-corrected chi connectivity index (χ3v) is 20.0. The molecular weight excluding hydrogens is 1060 g/mol. The Hall–Kier alpha value is -6.48. The molecule has 2 aromatic heterocycles. The molecule has 8 aliphatic rings. The van der Waals surface area contributed by atoms with E-state index >= 15 is 13.6 Å². The van der Waals surface area contributed by atoms with E-state index in [1.165, 1.54) is 26.6 Å². The molecule has 2 aromatic carbocycles. The summed E-state index contributed by atoms with van der Waals surface area (Å²) in [5.74, 6) is -5.60. The third-order valence-electron chi connectivity index (χ3n) is 20.0. The highest BCUT2D eigenvalue weighted by Gasteiger charge is 2.68. The highest BCUT2D eigenvalue weighted by Crippen LogP contribution is 2.67. The van der Waals surface area contributed by atoms with Crippen LogP contribution in [0.5, 0.6) is 11.5 Å². The topological polar surface area (TPSA) is 220 Å². The van der Waals surface area contributed by atoms with Crippen LogP contribution in [0.1, 0.15) is 125 Å². The Labute approximate surface area is 473 Å². The van der Waals surface area contributed by atoms with E-state index in [2.05, 4.69) is 10.6 Å². The number of nitrogens with one attached hydrogen (secondary N) is 2. The maximum atomic E-state index is 16.4. The molecule has 6 aliphatic carbocycles. The van der Waals surface area contributed by atoms with E-state index in [9.17, 15) is 34.2 Å². The van der Waals surface area contributed by atoms with Gasteiger partial charge in [0.1, 0.15) is 28.1 Å². The quantitative estimate of drug-likeness (QED) is 0.0937. The minimum Gasteiger partial charge on any atom is -0.492 e. The van der Waals surface area contributed by atoms with E-state index in [1.54, 1.807) is 21.3 Å². The number of hydrogen-bond donors (Lipinski definition) is 4. The number of carbonyl (C=O) groups excluding carboxylic acids is 4. The maximum Gasteiger partial charge on any atom is 0.343 e. The maximum absolute atomic E-state index is 16.4. The zero-order chi connectivity index (χ0) is 57.9. The lowest BCUT2D eigenvalue weighted by molar-refractivity contribution is -0.177. The summed E-state index contributed by atoms with van der Waals surface area (Å²) in [6.07, 6.45) is 11.3. The van der Waals surface area contributed by atoms with E-state index < -0.39 is 99.4 Å². The first kappa shape index (κ1) is 56.0. The minimum atomic E-state index is -1.98. The standard InChI is InChI=1S/C62H74F2N6O12/c1-32-26-67(19-17-65-32)52-45(63)23-40-50(56(52)79-5)69(36-8-9-36)28-42(54(40)74)58(76)81-30-34(21-48(73)62(78)16-14-44-39-12-7-35-22-38(71)13-15-60(35,3)49(39)47(72)25-61(44,62)4)31-82-59(77)43-29-70(37-10-11-37)51-41(55(43)75)24-46(64)53(57(51)80-6)68-20-18-66-33(2)27-68/h13,15,22-24,28-29,32-34,36-37,39,44,47,49,65-66,72,78H,7-12,14,16-21,25-27,30-31H2,1-6H3/t32?,33?,34?,39-,44-,47-,49?,60-,61-,62-/m1/s1. The number of hydrogen-bond acceptors (Lipinski definition) is 16. The zero-order valence-electron chi connectivity index (χ0n) is 47.5. The molecule has 18 nitrogen and oxygen atoms in total. The summed E-state index contributed by atoms with van der Waals surface area (Å²) < 4.78 is 60.0. The lowest BCUT2D eigenvalue weighted by atomic mass is 9.46. The monoisotopic (exact) mass is 1130 g/mol. The number of methoxy groups -OCH3 is 2. The predicted molar refractivity (Wildman–Crippen MR) is 302 cm³/mol. The summed E-state index contributed by atoms with van der Waals surface area (Å²) in [7, 11) is 2.84. The second kappa shape index (κ2) is 21.0. The van der Waals surface area contributed by atoms with Gasteiger partial charge in [-0.3, -0.25) is 19.2 Å². The van der Waals surface area contributed by atoms with Gasteiger partial charge in [0.15, 0.2) is 34.7 Å². The molecule has 7 fully saturated rings. The van der Waals surface area contributed by atoms with Gasteiger partial charge in [0, 0.05) is 105 Å². The molecule has 2 aliphatic heterocycles. The van der Waals surface area contributed by atoms with Crippen molar-refractivity contribution >= 4 is 56.7 Å². The van der Waals surface area contributed by atoms with E-state index in [1.807, 2.05) is 43.6 Å². The normalized spacial score (nSPS) is 30.1. The molecule has 0 bridgehead atoms. The smallest absolute Gasteiger partial charge is 0.343 e. The summed E-state index contributed by atoms with van der Waals surface area (Å²) in [5, 5.41) is 31.6. The largest absolute Gasteiger partial charge is 0.492 e. The van der Waals surface area contributed by atoms with Crippen molar-refractivity contribution in [3.8, 4) is 11.5 Å². The summed E-state index contributed by atoms with van der Waals surface area (Å²) >= 11 is 0. The Bertz CT molecular complexity index is 3350. The molecule has 5 saturated carbocycles. The third kappa shape index (κ3) is 9.24. The number of esters is 2. The number of aliphatic hydroxyl groups excluding tert-OH is 1. The second-order valence-electron chi connectivity index (χ2n) is 25.2. The van der Waals surface area contributed by atoms with Crippen molar-refractivity contribution in [2.75, 3.05) is 76.5 Å². The molecule has 82 heavy (non-hydrogen) atoms. The van der Waals surface area contributed by atoms with E-state index in [-0.39, 0.29) is 94.2 Å². The molecule has 0 amide bonds. The Kier molecular flexibility index (Phi) is 14.3. The Morgan fingerprint density at radius 1 is 0.768 bits per heavy atom. The van der Waals surface area contributed by atoms with E-state index in [4.69, 9.17) is 18.9 Å². The first-order valence-corrected chi connectivity index (χ1v) is 29.3. The van der Waals surface area contributed by atoms with Crippen LogP contribution in [-0.4, -0.2) is 133 Å². The number of aromatic nitrogens is 2. The molecule has 9 atom stereocenters. The predicted octanol–water partition coefficient (Wildman–Crippen LogP) is 6.48. The van der Waals surface area contributed by atoms with Gasteiger partial charge in [-0.25, -0.2) is 18.4 Å². The van der Waals surface area contributed by atoms with Gasteiger partial charge in [-0.2, -0.15) is 0 Å². The summed E-state index contributed by atoms with van der Waals surface area (Å²) in [4.78, 5) is 89.3. The van der Waals surface area contributed by atoms with Gasteiger partial charge in [0.2, 0.25) is 10.9 Å². The van der Waals surface area contributed by atoms with Crippen molar-refractivity contribution < 1.29 is 57.1 Å². The number of aliphatic hydroxyl groups is 2. The average Bonchev–Trinajstić information content (AvgIpc) is 4.58. The summed E-state index contributed by atoms with van der Waals surface area (Å²) in [6.45, 7) is 9.86. The van der Waals surface area contributed by atoms with Crippen LogP contribution in [0.2, 0.25) is 0 Å². The average molecular weight is 1130 g/mol. The van der Waals surface area contributed by atoms with E-state index in [0.717, 1.165) is 43.4 Å². The number of pyridine rings is 2. The van der Waals surface area contributed by atoms with Gasteiger partial charge in [-0.1, -0.05) is 25.5 Å². The molecule has 0 radical (unpaired) electrons. The van der Waals surface area contributed by atoms with Crippen LogP contribution in [0, 0.1) is 46.1 Å². The number of carbonyl (C=O) groups is 4. The highest BCUT2D eigenvalue weighted by molar-refractivity contribution is 6.02. The Morgan fingerprint density at radius 2 is 1.28 bits per heavy atom. The van der Waals surface area contributed by atoms with Gasteiger partial charge in [0.25, 0.3) is 0 Å². The first-order valence-electron chi connectivity index (χ1n) is 29.3. The summed E-state index contributed by atoms with van der Waals surface area (Å²) in [5.41, 5.74) is -3.98. The number of fused-ring (bicyclic) bond motifs is 7. The molecule has 0 spiro atoms. The number of nitrogens with zero attached hydrogens (tertiary/aromatic N) is 4. The molecule has 438 valence electrons. The van der Waals surface area contributed by atoms with Crippen molar-refractivity contribution in [1.82, 2.24) is 19.8 Å². The number of halogens is 2. The van der Waals surface area contributed by atoms with Crippen molar-refractivity contribution in [1.29, 1.82) is 0 Å². The van der Waals surface area contributed by atoms with E-state index in [0.29, 0.717) is 69.6 Å². The van der Waals surface area contributed by atoms with Crippen LogP contribution in [0.25, 0.3) is 21.8 Å². The van der Waals surface area contributed by atoms with Crippen molar-refractivity contribution in [2.45, 2.75) is 128 Å². The molecule has 4 N–H and O–H groups in total. The lowest BCUT2D eigenvalue weighted by Crippen LogP contribution is -2.61. The molecule has 4 aromatic rings. The van der Waals surface area contributed by atoms with Gasteiger partial charge in [-0.15, -0.1) is 0 Å². The molecule has 4 heterocycles. The number of Topliss-reactive ketones (excluding diaryl/α,β-unsaturated/α-hetero) is 1. The van der Waals surface area contributed by atoms with Gasteiger partial charge in [-0.05, 0) is 108 Å². The number of benzene rings is 2. The second-order valence-corrected chi connectivity index (χ2v) is 25.2. The van der Waals surface area contributed by atoms with Crippen LogP contribution >= 0.6 is 0 Å². The van der Waals surface area contributed by atoms with Crippen molar-refractivity contribution in [3.63, 3.8) is 0 Å². The first-order chi connectivity index (χ1) is 39.2. The SMILES string of the molecule is COc1c(N2CCNC(C)C2)c(F)cc2c(=O)c(C(=O)OCC(COC(=O)c3cn(C4CC4)c4c(OC)c(N5CCNC(C)C5)c(F)cc4c3=O)CC(=O)[C@]3(O)CC[C@@H]4[C@H]5CCC6=CC(=O)C=C[C@@]6(C)C5[C@H](O)C[C@]43C)cn(C3CC3)c12. The van der Waals surface area contributed by atoms with Gasteiger partial charge >= 0.3 is 11.9 Å². The number of ether oxygens (including phenoxy) is 4. The zero-order valence-corrected chi connectivity index (χ0v) is 47.5. The fraction of sp³-hybridized carbons (Fsp3) is 0.581. The van der Waals surface area contributed by atoms with Crippen LogP contribution in [0.15, 0.2) is 57.9 Å². The van der Waals surface area contributed by atoms with Crippen LogP contribution in [0.3, 0.4) is 0 Å². The number of anilines is 2. The van der Waals surface area contributed by atoms with Gasteiger partial charge < -0.3 is 58.7 Å². The van der Waals surface area contributed by atoms with Crippen molar-refractivity contribution in [2.24, 2.45) is 34.5 Å². The van der Waals surface area contributed by atoms with Crippen molar-refractivity contribution in [3.05, 3.63) is 91.5 Å². The highest BCUT2D eigenvalue weighted by atomic mass is 19.1. The molecule has 12 rings (SSSR count). The molecule has 2 saturated heterocycles. The van der Waals surface area contributed by atoms with Gasteiger partial charge in [0.05, 0.1) is 55.3 Å². The molecule has 20 heteroatoms. The fourth-order valence-corrected chi connectivity index (χ4v) is 15.6. The van der Waals surface area contributed by atoms with Crippen LogP contribution in [-0.2, 0) is 19.1 Å². The van der Waals surface area contributed by atoms with Crippen LogP contribution in [0.4, 0.5) is 20.2 Å². The number of piperazine rings is 2. The Balaban J connectivity index is 0.862. The fourth-order valence-electron chi connectivity index (χ4n) is 15.6. The minimum absolute atomic E-state index is 0.0572. The lowest BCUT2D eigenvalue weighted by Gasteiger charge is -2.59. The van der Waals surface area contributed by atoms with Crippen LogP contribution < -0.4 is 40.8 Å².